The molecular weight excluding hydrogens is 294 g/mol. The molecule has 2 aliphatic heterocycles. The first kappa shape index (κ1) is 15.7. The number of likely N-dealkylation sites (tertiary alicyclic amines) is 1. The van der Waals surface area contributed by atoms with Crippen LogP contribution < -0.4 is 5.32 Å². The third-order valence-corrected chi connectivity index (χ3v) is 5.72. The van der Waals surface area contributed by atoms with E-state index in [4.69, 9.17) is 0 Å². The highest BCUT2D eigenvalue weighted by Gasteiger charge is 2.22. The van der Waals surface area contributed by atoms with E-state index >= 15 is 0 Å². The van der Waals surface area contributed by atoms with Crippen molar-refractivity contribution in [3.8, 4) is 0 Å². The number of H-pyrrole nitrogens is 1. The highest BCUT2D eigenvalue weighted by molar-refractivity contribution is 8.03. The molecule has 1 fully saturated rings. The molecule has 0 aliphatic carbocycles. The van der Waals surface area contributed by atoms with Gasteiger partial charge in [0.05, 0.1) is 5.56 Å². The standard InChI is InChI=1S/C17H25N3OS/c1-13-2-3-16(22-13)12-20-8-5-14(6-9-20)10-19-17(21)15-4-7-18-11-15/h3-4,7,11,13-14,18H,2,5-6,8-10,12H2,1H3,(H,19,21). The second kappa shape index (κ2) is 7.38. The molecule has 3 rings (SSSR count). The maximum absolute atomic E-state index is 11.9. The molecule has 120 valence electrons. The molecular formula is C17H25N3OS. The maximum Gasteiger partial charge on any atom is 0.252 e. The number of amides is 1. The van der Waals surface area contributed by atoms with Crippen LogP contribution >= 0.6 is 11.8 Å². The Hall–Kier alpha value is -1.20. The summed E-state index contributed by atoms with van der Waals surface area (Å²) in [5.41, 5.74) is 0.719. The van der Waals surface area contributed by atoms with Crippen LogP contribution in [-0.2, 0) is 0 Å². The number of nitrogens with one attached hydrogen (secondary N) is 2. The van der Waals surface area contributed by atoms with E-state index in [9.17, 15) is 4.79 Å². The fourth-order valence-electron chi connectivity index (χ4n) is 3.13. The molecule has 5 heteroatoms. The number of carbonyl (C=O) groups is 1. The zero-order chi connectivity index (χ0) is 15.4. The Morgan fingerprint density at radius 2 is 2.27 bits per heavy atom. The summed E-state index contributed by atoms with van der Waals surface area (Å²) in [6, 6.07) is 1.81. The van der Waals surface area contributed by atoms with Crippen LogP contribution in [0, 0.1) is 5.92 Å². The number of rotatable bonds is 5. The minimum atomic E-state index is 0.0326. The zero-order valence-corrected chi connectivity index (χ0v) is 14.0. The van der Waals surface area contributed by atoms with E-state index < -0.39 is 0 Å². The third kappa shape index (κ3) is 4.17. The molecule has 1 amide bonds. The van der Waals surface area contributed by atoms with Gasteiger partial charge in [0.1, 0.15) is 0 Å². The first-order valence-corrected chi connectivity index (χ1v) is 9.07. The van der Waals surface area contributed by atoms with Crippen molar-refractivity contribution in [1.82, 2.24) is 15.2 Å². The maximum atomic E-state index is 11.9. The summed E-state index contributed by atoms with van der Waals surface area (Å²) >= 11 is 2.03. The quantitative estimate of drug-likeness (QED) is 0.877. The number of carbonyl (C=O) groups excluding carboxylic acids is 1. The van der Waals surface area contributed by atoms with Gasteiger partial charge in [0.25, 0.3) is 5.91 Å². The molecule has 3 heterocycles. The van der Waals surface area contributed by atoms with Crippen LogP contribution in [0.3, 0.4) is 0 Å². The number of aromatic amines is 1. The lowest BCUT2D eigenvalue weighted by molar-refractivity contribution is 0.0937. The summed E-state index contributed by atoms with van der Waals surface area (Å²) in [5.74, 6) is 0.647. The van der Waals surface area contributed by atoms with Crippen molar-refractivity contribution in [3.05, 3.63) is 35.0 Å². The first-order valence-electron chi connectivity index (χ1n) is 8.20. The van der Waals surface area contributed by atoms with Crippen molar-refractivity contribution in [2.45, 2.75) is 31.4 Å². The SMILES string of the molecule is CC1CC=C(CN2CCC(CNC(=O)c3cc[nH]c3)CC2)S1. The lowest BCUT2D eigenvalue weighted by Crippen LogP contribution is -2.39. The second-order valence-corrected chi connectivity index (χ2v) is 7.93. The number of nitrogens with zero attached hydrogens (tertiary/aromatic N) is 1. The summed E-state index contributed by atoms with van der Waals surface area (Å²) in [6.07, 6.45) is 9.51. The smallest absolute Gasteiger partial charge is 0.252 e. The van der Waals surface area contributed by atoms with Crippen LogP contribution in [0.25, 0.3) is 0 Å². The molecule has 0 aromatic carbocycles. The molecule has 0 radical (unpaired) electrons. The van der Waals surface area contributed by atoms with Crippen LogP contribution in [0.5, 0.6) is 0 Å². The molecule has 1 atom stereocenters. The Balaban J connectivity index is 1.36. The van der Waals surface area contributed by atoms with E-state index in [-0.39, 0.29) is 5.91 Å². The van der Waals surface area contributed by atoms with Gasteiger partial charge < -0.3 is 10.3 Å². The van der Waals surface area contributed by atoms with Crippen molar-refractivity contribution in [2.75, 3.05) is 26.2 Å². The van der Waals surface area contributed by atoms with Gasteiger partial charge in [-0.1, -0.05) is 13.0 Å². The van der Waals surface area contributed by atoms with Crippen molar-refractivity contribution in [1.29, 1.82) is 0 Å². The lowest BCUT2D eigenvalue weighted by atomic mass is 9.96. The summed E-state index contributed by atoms with van der Waals surface area (Å²) in [7, 11) is 0. The second-order valence-electron chi connectivity index (χ2n) is 6.36. The number of piperidine rings is 1. The van der Waals surface area contributed by atoms with Gasteiger partial charge in [0, 0.05) is 30.7 Å². The topological polar surface area (TPSA) is 48.1 Å². The van der Waals surface area contributed by atoms with E-state index in [1.54, 1.807) is 17.3 Å². The van der Waals surface area contributed by atoms with Gasteiger partial charge in [-0.2, -0.15) is 0 Å². The van der Waals surface area contributed by atoms with Gasteiger partial charge in [-0.3, -0.25) is 9.69 Å². The van der Waals surface area contributed by atoms with Gasteiger partial charge in [0.2, 0.25) is 0 Å². The van der Waals surface area contributed by atoms with Crippen molar-refractivity contribution >= 4 is 17.7 Å². The van der Waals surface area contributed by atoms with Crippen LogP contribution in [0.2, 0.25) is 0 Å². The molecule has 1 aromatic rings. The molecule has 0 saturated carbocycles. The van der Waals surface area contributed by atoms with E-state index in [2.05, 4.69) is 28.2 Å². The van der Waals surface area contributed by atoms with E-state index in [1.807, 2.05) is 17.8 Å². The largest absolute Gasteiger partial charge is 0.367 e. The molecule has 2 aliphatic rings. The Morgan fingerprint density at radius 3 is 2.91 bits per heavy atom. The predicted octanol–water partition coefficient (Wildman–Crippen LogP) is 2.87. The van der Waals surface area contributed by atoms with Crippen LogP contribution in [0.4, 0.5) is 0 Å². The predicted molar refractivity (Wildman–Crippen MR) is 92.0 cm³/mol. The number of hydrogen-bond acceptors (Lipinski definition) is 3. The van der Waals surface area contributed by atoms with E-state index in [1.165, 1.54) is 19.3 Å². The summed E-state index contributed by atoms with van der Waals surface area (Å²) in [6.45, 7) is 6.52. The summed E-state index contributed by atoms with van der Waals surface area (Å²) in [5, 5.41) is 3.82. The van der Waals surface area contributed by atoms with Gasteiger partial charge in [0.15, 0.2) is 0 Å². The van der Waals surface area contributed by atoms with Crippen LogP contribution in [0.1, 0.15) is 36.5 Å². The summed E-state index contributed by atoms with van der Waals surface area (Å²) in [4.78, 5) is 18.9. The van der Waals surface area contributed by atoms with Crippen LogP contribution in [0.15, 0.2) is 29.4 Å². The summed E-state index contributed by atoms with van der Waals surface area (Å²) < 4.78 is 0. The van der Waals surface area contributed by atoms with Gasteiger partial charge in [-0.15, -0.1) is 11.8 Å². The molecule has 0 spiro atoms. The van der Waals surface area contributed by atoms with E-state index in [0.29, 0.717) is 5.92 Å². The monoisotopic (exact) mass is 319 g/mol. The normalized spacial score (nSPS) is 23.5. The molecule has 1 saturated heterocycles. The number of hydrogen-bond donors (Lipinski definition) is 2. The fraction of sp³-hybridized carbons (Fsp3) is 0.588. The molecule has 2 N–H and O–H groups in total. The highest BCUT2D eigenvalue weighted by atomic mass is 32.2. The minimum Gasteiger partial charge on any atom is -0.367 e. The van der Waals surface area contributed by atoms with Gasteiger partial charge in [-0.05, 0) is 49.2 Å². The van der Waals surface area contributed by atoms with Crippen LogP contribution in [-0.4, -0.2) is 47.2 Å². The molecule has 22 heavy (non-hydrogen) atoms. The van der Waals surface area contributed by atoms with Crippen molar-refractivity contribution < 1.29 is 4.79 Å². The lowest BCUT2D eigenvalue weighted by Gasteiger charge is -2.32. The number of aromatic nitrogens is 1. The Bertz CT molecular complexity index is 518. The number of allylic oxidation sites excluding steroid dienone is 1. The van der Waals surface area contributed by atoms with Crippen molar-refractivity contribution in [3.63, 3.8) is 0 Å². The number of thioether (sulfide) groups is 1. The fourth-order valence-corrected chi connectivity index (χ4v) is 4.29. The average Bonchev–Trinajstić information content (AvgIpc) is 3.18. The highest BCUT2D eigenvalue weighted by Crippen LogP contribution is 2.32. The van der Waals surface area contributed by atoms with Crippen molar-refractivity contribution in [2.24, 2.45) is 5.92 Å². The molecule has 1 aromatic heterocycles. The minimum absolute atomic E-state index is 0.0326. The Labute approximate surface area is 136 Å². The van der Waals surface area contributed by atoms with Gasteiger partial charge in [-0.25, -0.2) is 0 Å². The molecule has 1 unspecified atom stereocenters. The Morgan fingerprint density at radius 1 is 1.45 bits per heavy atom. The Kier molecular flexibility index (Phi) is 5.26. The molecule has 4 nitrogen and oxygen atoms in total. The first-order chi connectivity index (χ1) is 10.7. The zero-order valence-electron chi connectivity index (χ0n) is 13.2. The van der Waals surface area contributed by atoms with Gasteiger partial charge >= 0.3 is 0 Å². The molecule has 0 bridgehead atoms. The third-order valence-electron chi connectivity index (χ3n) is 4.53. The average molecular weight is 319 g/mol. The van der Waals surface area contributed by atoms with E-state index in [0.717, 1.165) is 37.0 Å².